The number of hydrogen-bond acceptors (Lipinski definition) is 6. The summed E-state index contributed by atoms with van der Waals surface area (Å²) in [6.07, 6.45) is 5.29. The first-order valence-electron chi connectivity index (χ1n) is 11.7. The van der Waals surface area contributed by atoms with Crippen LogP contribution in [0.1, 0.15) is 37.8 Å². The molecule has 2 N–H and O–H groups in total. The minimum atomic E-state index is -0.987. The molecule has 1 saturated carbocycles. The fourth-order valence-corrected chi connectivity index (χ4v) is 4.25. The largest absolute Gasteiger partial charge is 0.490 e. The Bertz CT molecular complexity index is 1320. The van der Waals surface area contributed by atoms with Gasteiger partial charge in [0.05, 0.1) is 12.4 Å². The number of benzene rings is 2. The summed E-state index contributed by atoms with van der Waals surface area (Å²) < 4.78 is 12.0. The van der Waals surface area contributed by atoms with Gasteiger partial charge in [0.25, 0.3) is 0 Å². The van der Waals surface area contributed by atoms with Crippen molar-refractivity contribution in [1.82, 2.24) is 25.3 Å². The van der Waals surface area contributed by atoms with Crippen molar-refractivity contribution in [3.63, 3.8) is 0 Å². The Morgan fingerprint density at radius 2 is 1.53 bits per heavy atom. The third kappa shape index (κ3) is 5.14. The van der Waals surface area contributed by atoms with Gasteiger partial charge in [-0.05, 0) is 41.5 Å². The molecule has 5 rings (SSSR count). The average Bonchev–Trinajstić information content (AvgIpc) is 3.39. The quantitative estimate of drug-likeness (QED) is 0.363. The second-order valence-electron chi connectivity index (χ2n) is 9.30. The van der Waals surface area contributed by atoms with Crippen LogP contribution in [0.3, 0.4) is 0 Å². The highest BCUT2D eigenvalue weighted by Crippen LogP contribution is 2.35. The number of amides is 1. The molecule has 2 heterocycles. The zero-order chi connectivity index (χ0) is 25.1. The molecule has 0 bridgehead atoms. The minimum Gasteiger partial charge on any atom is -0.490 e. The topological polar surface area (TPSA) is 111 Å². The maximum Gasteiger partial charge on any atom is 0.404 e. The number of rotatable bonds is 8. The van der Waals surface area contributed by atoms with Gasteiger partial charge < -0.3 is 19.9 Å². The van der Waals surface area contributed by atoms with Gasteiger partial charge in [-0.15, -0.1) is 4.80 Å². The lowest BCUT2D eigenvalue weighted by atomic mass is 9.78. The lowest BCUT2D eigenvalue weighted by Crippen LogP contribution is -2.48. The standard InChI is InChI=1S/C27H27N5O4/c1-27(2,19-5-9-22(10-6-19)36-24-15-20(16-24)31-26(33)34)18-3-7-21(8-4-18)35-23-11-12-28-25(17-23)32-29-13-14-30-32/h3-14,17,20,24,31H,15-16H2,1-2H3,(H,33,34)/t20-,24-. The molecule has 2 aromatic heterocycles. The van der Waals surface area contributed by atoms with Crippen LogP contribution >= 0.6 is 0 Å². The molecular weight excluding hydrogens is 458 g/mol. The molecule has 0 saturated heterocycles. The Hall–Kier alpha value is -4.40. The number of nitrogens with zero attached hydrogens (tertiary/aromatic N) is 4. The Balaban J connectivity index is 1.21. The maximum atomic E-state index is 10.7. The Morgan fingerprint density at radius 3 is 2.14 bits per heavy atom. The second kappa shape index (κ2) is 9.69. The zero-order valence-corrected chi connectivity index (χ0v) is 20.0. The van der Waals surface area contributed by atoms with Crippen LogP contribution in [0.5, 0.6) is 17.2 Å². The fourth-order valence-electron chi connectivity index (χ4n) is 4.25. The number of hydrogen-bond donors (Lipinski definition) is 2. The molecule has 0 unspecified atom stereocenters. The van der Waals surface area contributed by atoms with Crippen molar-refractivity contribution in [2.45, 2.75) is 44.2 Å². The molecule has 9 heteroatoms. The van der Waals surface area contributed by atoms with Gasteiger partial charge in [0, 0.05) is 36.6 Å². The predicted octanol–water partition coefficient (Wildman–Crippen LogP) is 4.96. The summed E-state index contributed by atoms with van der Waals surface area (Å²) in [4.78, 5) is 16.4. The molecule has 0 aliphatic heterocycles. The smallest absolute Gasteiger partial charge is 0.404 e. The number of carbonyl (C=O) groups is 1. The van der Waals surface area contributed by atoms with Gasteiger partial charge in [0.15, 0.2) is 5.82 Å². The van der Waals surface area contributed by atoms with Gasteiger partial charge in [0.2, 0.25) is 0 Å². The summed E-state index contributed by atoms with van der Waals surface area (Å²) in [5, 5.41) is 19.5. The summed E-state index contributed by atoms with van der Waals surface area (Å²) >= 11 is 0. The van der Waals surface area contributed by atoms with E-state index in [2.05, 4.69) is 58.6 Å². The van der Waals surface area contributed by atoms with Gasteiger partial charge in [-0.3, -0.25) is 0 Å². The maximum absolute atomic E-state index is 10.7. The Labute approximate surface area is 208 Å². The number of nitrogens with one attached hydrogen (secondary N) is 1. The molecule has 1 fully saturated rings. The van der Waals surface area contributed by atoms with Gasteiger partial charge >= 0.3 is 6.09 Å². The molecule has 4 aromatic rings. The number of aromatic nitrogens is 4. The summed E-state index contributed by atoms with van der Waals surface area (Å²) in [6.45, 7) is 4.36. The monoisotopic (exact) mass is 485 g/mol. The van der Waals surface area contributed by atoms with Crippen LogP contribution < -0.4 is 14.8 Å². The van der Waals surface area contributed by atoms with Crippen molar-refractivity contribution in [3.05, 3.63) is 90.4 Å². The lowest BCUT2D eigenvalue weighted by Gasteiger charge is -2.35. The van der Waals surface area contributed by atoms with Crippen LogP contribution in [0.15, 0.2) is 79.3 Å². The summed E-state index contributed by atoms with van der Waals surface area (Å²) in [5.74, 6) is 2.74. The SMILES string of the molecule is CC(C)(c1ccc(Oc2ccnc(-n3nccn3)c2)cc1)c1ccc(O[C@H]2C[C@H](NC(=O)O)C2)cc1. The Morgan fingerprint density at radius 1 is 0.917 bits per heavy atom. The van der Waals surface area contributed by atoms with Crippen molar-refractivity contribution in [3.8, 4) is 23.1 Å². The molecule has 0 spiro atoms. The van der Waals surface area contributed by atoms with E-state index in [0.717, 1.165) is 22.6 Å². The van der Waals surface area contributed by atoms with Gasteiger partial charge in [-0.2, -0.15) is 10.2 Å². The second-order valence-corrected chi connectivity index (χ2v) is 9.30. The van der Waals surface area contributed by atoms with E-state index in [1.54, 1.807) is 30.7 Å². The van der Waals surface area contributed by atoms with Crippen LogP contribution in [0, 0.1) is 0 Å². The first kappa shape index (κ1) is 23.3. The highest BCUT2D eigenvalue weighted by atomic mass is 16.5. The van der Waals surface area contributed by atoms with Gasteiger partial charge in [-0.1, -0.05) is 38.1 Å². The van der Waals surface area contributed by atoms with Crippen molar-refractivity contribution in [2.75, 3.05) is 0 Å². The first-order valence-corrected chi connectivity index (χ1v) is 11.7. The molecule has 1 aliphatic carbocycles. The summed E-state index contributed by atoms with van der Waals surface area (Å²) in [7, 11) is 0. The van der Waals surface area contributed by atoms with Crippen molar-refractivity contribution >= 4 is 6.09 Å². The van der Waals surface area contributed by atoms with Crippen LogP contribution in [0.25, 0.3) is 5.82 Å². The third-order valence-corrected chi connectivity index (χ3v) is 6.45. The van der Waals surface area contributed by atoms with Crippen molar-refractivity contribution in [1.29, 1.82) is 0 Å². The minimum absolute atomic E-state index is 0.0216. The predicted molar refractivity (Wildman–Crippen MR) is 133 cm³/mol. The van der Waals surface area contributed by atoms with E-state index in [1.165, 1.54) is 4.80 Å². The Kier molecular flexibility index (Phi) is 6.28. The third-order valence-electron chi connectivity index (χ3n) is 6.45. The van der Waals surface area contributed by atoms with E-state index in [0.29, 0.717) is 24.4 Å². The lowest BCUT2D eigenvalue weighted by molar-refractivity contribution is 0.0833. The molecule has 36 heavy (non-hydrogen) atoms. The van der Waals surface area contributed by atoms with E-state index >= 15 is 0 Å². The van der Waals surface area contributed by atoms with E-state index in [4.69, 9.17) is 14.6 Å². The number of carboxylic acid groups (broad SMARTS) is 1. The number of ether oxygens (including phenoxy) is 2. The van der Waals surface area contributed by atoms with Gasteiger partial charge in [0.1, 0.15) is 23.4 Å². The normalized spacial score (nSPS) is 17.2. The summed E-state index contributed by atoms with van der Waals surface area (Å²) in [5.41, 5.74) is 2.09. The molecule has 9 nitrogen and oxygen atoms in total. The zero-order valence-electron chi connectivity index (χ0n) is 20.0. The number of pyridine rings is 1. The van der Waals surface area contributed by atoms with E-state index in [-0.39, 0.29) is 17.6 Å². The molecule has 0 radical (unpaired) electrons. The highest BCUT2D eigenvalue weighted by molar-refractivity contribution is 5.65. The van der Waals surface area contributed by atoms with E-state index in [1.807, 2.05) is 24.3 Å². The van der Waals surface area contributed by atoms with Crippen molar-refractivity contribution in [2.24, 2.45) is 0 Å². The summed E-state index contributed by atoms with van der Waals surface area (Å²) in [6, 6.07) is 19.7. The van der Waals surface area contributed by atoms with Crippen LogP contribution in [-0.2, 0) is 5.41 Å². The molecule has 1 aliphatic rings. The fraction of sp³-hybridized carbons (Fsp3) is 0.259. The molecule has 184 valence electrons. The van der Waals surface area contributed by atoms with Crippen LogP contribution in [-0.4, -0.2) is 43.3 Å². The highest BCUT2D eigenvalue weighted by Gasteiger charge is 2.32. The van der Waals surface area contributed by atoms with Crippen LogP contribution in [0.2, 0.25) is 0 Å². The van der Waals surface area contributed by atoms with Crippen molar-refractivity contribution < 1.29 is 19.4 Å². The molecule has 1 amide bonds. The molecule has 2 aromatic carbocycles. The van der Waals surface area contributed by atoms with Crippen LogP contribution in [0.4, 0.5) is 4.79 Å². The molecule has 0 atom stereocenters. The first-order chi connectivity index (χ1) is 17.4. The van der Waals surface area contributed by atoms with E-state index < -0.39 is 6.09 Å². The molecular formula is C27H27N5O4. The average molecular weight is 486 g/mol. The van der Waals surface area contributed by atoms with E-state index in [9.17, 15) is 4.79 Å². The van der Waals surface area contributed by atoms with Gasteiger partial charge in [-0.25, -0.2) is 9.78 Å².